The minimum absolute atomic E-state index is 0.0887. The Bertz CT molecular complexity index is 602. The van der Waals surface area contributed by atoms with Gasteiger partial charge in [0.15, 0.2) is 0 Å². The van der Waals surface area contributed by atoms with E-state index in [0.717, 1.165) is 6.42 Å². The molecule has 20 heavy (non-hydrogen) atoms. The molecule has 112 valence electrons. The first kappa shape index (κ1) is 17.5. The van der Waals surface area contributed by atoms with Gasteiger partial charge in [-0.25, -0.2) is 8.42 Å². The van der Waals surface area contributed by atoms with Crippen LogP contribution in [0.2, 0.25) is 0 Å². The van der Waals surface area contributed by atoms with E-state index in [1.54, 1.807) is 18.0 Å². The maximum absolute atomic E-state index is 12.3. The summed E-state index contributed by atoms with van der Waals surface area (Å²) < 4.78 is 23.2. The van der Waals surface area contributed by atoms with Crippen molar-refractivity contribution >= 4 is 41.6 Å². The number of halogens is 2. The predicted octanol–water partition coefficient (Wildman–Crippen LogP) is 3.49. The summed E-state index contributed by atoms with van der Waals surface area (Å²) in [5.74, 6) is 0.264. The molecule has 0 fully saturated rings. The fraction of sp³-hybridized carbons (Fsp3) is 0.462. The van der Waals surface area contributed by atoms with Crippen LogP contribution in [0.5, 0.6) is 0 Å². The number of benzene rings is 1. The van der Waals surface area contributed by atoms with Crippen LogP contribution in [0.4, 0.5) is 0 Å². The molecule has 0 aliphatic rings. The summed E-state index contributed by atoms with van der Waals surface area (Å²) in [4.78, 5) is 13.7. The molecule has 0 aromatic heterocycles. The second-order valence-electron chi connectivity index (χ2n) is 5.02. The molecule has 7 heteroatoms. The van der Waals surface area contributed by atoms with Gasteiger partial charge in [0.1, 0.15) is 0 Å². The van der Waals surface area contributed by atoms with Gasteiger partial charge in [0.05, 0.1) is 4.90 Å². The molecule has 1 aromatic rings. The number of nitrogens with zero attached hydrogens (tertiary/aromatic N) is 1. The molecule has 0 unspecified atom stereocenters. The van der Waals surface area contributed by atoms with E-state index in [-0.39, 0.29) is 10.8 Å². The number of hydrogen-bond donors (Lipinski definition) is 0. The standard InChI is InChI=1S/C13H17BrClNO3S/c1-9(2)4-5-16(3)13(17)10-6-11(14)8-12(7-10)20(15,18)19/h6-9H,4-5H2,1-3H3. The molecular formula is C13H17BrClNO3S. The monoisotopic (exact) mass is 381 g/mol. The van der Waals surface area contributed by atoms with Gasteiger partial charge in [-0.05, 0) is 30.5 Å². The molecule has 0 spiro atoms. The Hall–Kier alpha value is -0.590. The van der Waals surface area contributed by atoms with Gasteiger partial charge >= 0.3 is 0 Å². The normalized spacial score (nSPS) is 11.7. The summed E-state index contributed by atoms with van der Waals surface area (Å²) >= 11 is 3.19. The van der Waals surface area contributed by atoms with Gasteiger partial charge in [-0.3, -0.25) is 4.79 Å². The number of amides is 1. The van der Waals surface area contributed by atoms with E-state index in [9.17, 15) is 13.2 Å². The SMILES string of the molecule is CC(C)CCN(C)C(=O)c1cc(Br)cc(S(=O)(=O)Cl)c1. The van der Waals surface area contributed by atoms with E-state index in [2.05, 4.69) is 29.8 Å². The first-order valence-corrected chi connectivity index (χ1v) is 9.22. The van der Waals surface area contributed by atoms with Crippen molar-refractivity contribution in [1.82, 2.24) is 4.90 Å². The quantitative estimate of drug-likeness (QED) is 0.732. The van der Waals surface area contributed by atoms with Crippen molar-refractivity contribution in [1.29, 1.82) is 0 Å². The Balaban J connectivity index is 3.02. The summed E-state index contributed by atoms with van der Waals surface area (Å²) in [5.41, 5.74) is 0.296. The van der Waals surface area contributed by atoms with Crippen molar-refractivity contribution in [3.8, 4) is 0 Å². The van der Waals surface area contributed by atoms with Crippen LogP contribution in [0.1, 0.15) is 30.6 Å². The van der Waals surface area contributed by atoms with Crippen molar-refractivity contribution in [2.75, 3.05) is 13.6 Å². The highest BCUT2D eigenvalue weighted by atomic mass is 79.9. The Morgan fingerprint density at radius 1 is 1.35 bits per heavy atom. The highest BCUT2D eigenvalue weighted by Gasteiger charge is 2.17. The molecule has 0 heterocycles. The molecule has 0 N–H and O–H groups in total. The fourth-order valence-electron chi connectivity index (χ4n) is 1.60. The van der Waals surface area contributed by atoms with Crippen molar-refractivity contribution in [2.45, 2.75) is 25.2 Å². The number of carbonyl (C=O) groups excluding carboxylic acids is 1. The third-order valence-corrected chi connectivity index (χ3v) is 4.58. The van der Waals surface area contributed by atoms with Crippen LogP contribution in [0.25, 0.3) is 0 Å². The van der Waals surface area contributed by atoms with Crippen LogP contribution in [0.15, 0.2) is 27.6 Å². The van der Waals surface area contributed by atoms with E-state index in [4.69, 9.17) is 10.7 Å². The fourth-order valence-corrected chi connectivity index (χ4v) is 3.05. The summed E-state index contributed by atoms with van der Waals surface area (Å²) in [6.45, 7) is 4.77. The van der Waals surface area contributed by atoms with Crippen LogP contribution in [-0.4, -0.2) is 32.8 Å². The van der Waals surface area contributed by atoms with Crippen LogP contribution in [0.3, 0.4) is 0 Å². The van der Waals surface area contributed by atoms with Crippen LogP contribution >= 0.6 is 26.6 Å². The van der Waals surface area contributed by atoms with Gasteiger partial charge < -0.3 is 4.90 Å². The lowest BCUT2D eigenvalue weighted by molar-refractivity contribution is 0.0789. The lowest BCUT2D eigenvalue weighted by atomic mass is 10.1. The van der Waals surface area contributed by atoms with Crippen molar-refractivity contribution in [3.05, 3.63) is 28.2 Å². The highest BCUT2D eigenvalue weighted by molar-refractivity contribution is 9.10. The van der Waals surface area contributed by atoms with Gasteiger partial charge in [0.2, 0.25) is 0 Å². The molecule has 4 nitrogen and oxygen atoms in total. The smallest absolute Gasteiger partial charge is 0.261 e. The van der Waals surface area contributed by atoms with E-state index in [0.29, 0.717) is 22.5 Å². The zero-order valence-electron chi connectivity index (χ0n) is 11.6. The summed E-state index contributed by atoms with van der Waals surface area (Å²) in [5, 5.41) is 0. The zero-order chi connectivity index (χ0) is 15.5. The van der Waals surface area contributed by atoms with Crippen molar-refractivity contribution < 1.29 is 13.2 Å². The summed E-state index contributed by atoms with van der Waals surface area (Å²) in [7, 11) is 3.15. The lowest BCUT2D eigenvalue weighted by Crippen LogP contribution is -2.28. The lowest BCUT2D eigenvalue weighted by Gasteiger charge is -2.18. The zero-order valence-corrected chi connectivity index (χ0v) is 14.7. The Morgan fingerprint density at radius 2 is 1.95 bits per heavy atom. The molecular weight excluding hydrogens is 366 g/mol. The molecule has 0 atom stereocenters. The molecule has 1 amide bonds. The van der Waals surface area contributed by atoms with E-state index >= 15 is 0 Å². The first-order chi connectivity index (χ1) is 9.11. The summed E-state index contributed by atoms with van der Waals surface area (Å²) in [6, 6.07) is 4.24. The summed E-state index contributed by atoms with van der Waals surface area (Å²) in [6.07, 6.45) is 0.886. The molecule has 0 saturated carbocycles. The number of rotatable bonds is 5. The maximum atomic E-state index is 12.3. The minimum Gasteiger partial charge on any atom is -0.342 e. The number of hydrogen-bond acceptors (Lipinski definition) is 3. The maximum Gasteiger partial charge on any atom is 0.261 e. The van der Waals surface area contributed by atoms with E-state index < -0.39 is 9.05 Å². The molecule has 1 rings (SSSR count). The topological polar surface area (TPSA) is 54.5 Å². The van der Waals surface area contributed by atoms with Gasteiger partial charge in [-0.2, -0.15) is 0 Å². The van der Waals surface area contributed by atoms with Crippen molar-refractivity contribution in [2.24, 2.45) is 5.92 Å². The second kappa shape index (κ2) is 6.91. The molecule has 0 bridgehead atoms. The van der Waals surface area contributed by atoms with Crippen LogP contribution < -0.4 is 0 Å². The largest absolute Gasteiger partial charge is 0.342 e. The predicted molar refractivity (Wildman–Crippen MR) is 83.6 cm³/mol. The third kappa shape index (κ3) is 5.07. The molecule has 0 radical (unpaired) electrons. The Kier molecular flexibility index (Phi) is 6.04. The molecule has 0 aliphatic heterocycles. The van der Waals surface area contributed by atoms with Gasteiger partial charge in [-0.1, -0.05) is 29.8 Å². The Morgan fingerprint density at radius 3 is 2.45 bits per heavy atom. The Labute approximate surface area is 132 Å². The molecule has 0 aliphatic carbocycles. The minimum atomic E-state index is -3.86. The van der Waals surface area contributed by atoms with Crippen LogP contribution in [0, 0.1) is 5.92 Å². The molecule has 1 aromatic carbocycles. The molecule has 0 saturated heterocycles. The van der Waals surface area contributed by atoms with E-state index in [1.807, 2.05) is 0 Å². The highest BCUT2D eigenvalue weighted by Crippen LogP contribution is 2.23. The average Bonchev–Trinajstić information content (AvgIpc) is 2.33. The van der Waals surface area contributed by atoms with E-state index in [1.165, 1.54) is 12.1 Å². The third-order valence-electron chi connectivity index (χ3n) is 2.79. The number of carbonyl (C=O) groups is 1. The average molecular weight is 383 g/mol. The van der Waals surface area contributed by atoms with Gasteiger partial charge in [0.25, 0.3) is 15.0 Å². The van der Waals surface area contributed by atoms with Crippen molar-refractivity contribution in [3.63, 3.8) is 0 Å². The van der Waals surface area contributed by atoms with Gasteiger partial charge in [-0.15, -0.1) is 0 Å². The first-order valence-electron chi connectivity index (χ1n) is 6.12. The second-order valence-corrected chi connectivity index (χ2v) is 8.50. The van der Waals surface area contributed by atoms with Gasteiger partial charge in [0, 0.05) is 34.3 Å². The van der Waals surface area contributed by atoms with Crippen LogP contribution in [-0.2, 0) is 9.05 Å².